The highest BCUT2D eigenvalue weighted by molar-refractivity contribution is 7.92. The summed E-state index contributed by atoms with van der Waals surface area (Å²) in [5.41, 5.74) is 2.45. The largest absolute Gasteiger partial charge is 0.338 e. The van der Waals surface area contributed by atoms with Crippen molar-refractivity contribution in [1.82, 2.24) is 14.9 Å². The maximum Gasteiger partial charge on any atom is 0.261 e. The molecule has 1 aromatic heterocycles. The summed E-state index contributed by atoms with van der Waals surface area (Å²) in [4.78, 5) is 17.5. The summed E-state index contributed by atoms with van der Waals surface area (Å²) in [5, 5.41) is 3.58. The number of nitrogens with one attached hydrogen (secondary N) is 2. The van der Waals surface area contributed by atoms with E-state index in [1.807, 2.05) is 42.8 Å². The van der Waals surface area contributed by atoms with E-state index in [1.54, 1.807) is 36.7 Å². The molecule has 0 spiro atoms. The van der Waals surface area contributed by atoms with Crippen LogP contribution in [0, 0.1) is 6.92 Å². The molecule has 174 valence electrons. The number of benzene rings is 3. The van der Waals surface area contributed by atoms with Crippen LogP contribution < -0.4 is 10.0 Å². The molecule has 1 heterocycles. The molecule has 0 aliphatic carbocycles. The number of imidazole rings is 1. The van der Waals surface area contributed by atoms with Crippen molar-refractivity contribution in [2.45, 2.75) is 17.9 Å². The summed E-state index contributed by atoms with van der Waals surface area (Å²) in [7, 11) is -1.95. The van der Waals surface area contributed by atoms with Crippen LogP contribution in [0.1, 0.15) is 33.4 Å². The van der Waals surface area contributed by atoms with Crippen LogP contribution in [0.4, 0.5) is 5.69 Å². The predicted octanol–water partition coefficient (Wildman–Crippen LogP) is 4.70. The second kappa shape index (κ2) is 9.70. The highest BCUT2D eigenvalue weighted by Crippen LogP contribution is 2.24. The number of rotatable bonds is 7. The van der Waals surface area contributed by atoms with Crippen molar-refractivity contribution in [3.63, 3.8) is 0 Å². The molecule has 2 N–H and O–H groups in total. The van der Waals surface area contributed by atoms with Crippen LogP contribution in [0.2, 0.25) is 5.02 Å². The van der Waals surface area contributed by atoms with Gasteiger partial charge in [-0.15, -0.1) is 0 Å². The molecule has 0 fully saturated rings. The van der Waals surface area contributed by atoms with Gasteiger partial charge in [0.2, 0.25) is 0 Å². The molecule has 0 saturated heterocycles. The van der Waals surface area contributed by atoms with Gasteiger partial charge in [0.15, 0.2) is 0 Å². The first-order valence-electron chi connectivity index (χ1n) is 10.5. The average Bonchev–Trinajstić information content (AvgIpc) is 3.25. The second-order valence-electron chi connectivity index (χ2n) is 7.80. The molecule has 1 amide bonds. The highest BCUT2D eigenvalue weighted by atomic mass is 35.5. The number of hydrogen-bond acceptors (Lipinski definition) is 4. The number of aromatic nitrogens is 2. The Labute approximate surface area is 203 Å². The van der Waals surface area contributed by atoms with Crippen molar-refractivity contribution in [2.24, 2.45) is 7.05 Å². The number of amides is 1. The SMILES string of the molecule is Cc1ccccc1NS(=O)(=O)c1ccc(C(=O)N[C@@H](c2ccc(Cl)cc2)c2nccn2C)cc1. The van der Waals surface area contributed by atoms with Gasteiger partial charge in [-0.05, 0) is 60.5 Å². The smallest absolute Gasteiger partial charge is 0.261 e. The quantitative estimate of drug-likeness (QED) is 0.389. The molecule has 0 saturated carbocycles. The van der Waals surface area contributed by atoms with Gasteiger partial charge in [0.1, 0.15) is 11.9 Å². The van der Waals surface area contributed by atoms with E-state index in [4.69, 9.17) is 11.6 Å². The van der Waals surface area contributed by atoms with Gasteiger partial charge in [-0.1, -0.05) is 41.9 Å². The van der Waals surface area contributed by atoms with E-state index >= 15 is 0 Å². The van der Waals surface area contributed by atoms with Crippen molar-refractivity contribution in [2.75, 3.05) is 4.72 Å². The number of para-hydroxylation sites is 1. The zero-order chi connectivity index (χ0) is 24.3. The lowest BCUT2D eigenvalue weighted by Gasteiger charge is -2.19. The summed E-state index contributed by atoms with van der Waals surface area (Å²) < 4.78 is 30.0. The molecule has 0 radical (unpaired) electrons. The Hall–Kier alpha value is -3.62. The summed E-state index contributed by atoms with van der Waals surface area (Å²) in [6.07, 6.45) is 3.46. The Kier molecular flexibility index (Phi) is 6.72. The fraction of sp³-hybridized carbons (Fsp3) is 0.120. The van der Waals surface area contributed by atoms with Crippen LogP contribution in [-0.4, -0.2) is 23.9 Å². The summed E-state index contributed by atoms with van der Waals surface area (Å²) in [5.74, 6) is 0.288. The first-order chi connectivity index (χ1) is 16.2. The number of aryl methyl sites for hydroxylation is 2. The Balaban J connectivity index is 1.56. The zero-order valence-electron chi connectivity index (χ0n) is 18.6. The third-order valence-electron chi connectivity index (χ3n) is 5.41. The van der Waals surface area contributed by atoms with E-state index in [0.29, 0.717) is 22.1 Å². The monoisotopic (exact) mass is 494 g/mol. The van der Waals surface area contributed by atoms with E-state index in [0.717, 1.165) is 11.1 Å². The summed E-state index contributed by atoms with van der Waals surface area (Å²) in [6, 6.07) is 19.5. The van der Waals surface area contributed by atoms with E-state index in [1.165, 1.54) is 24.3 Å². The van der Waals surface area contributed by atoms with Crippen molar-refractivity contribution in [3.05, 3.63) is 113 Å². The molecular formula is C25H23ClN4O3S. The minimum atomic E-state index is -3.80. The number of hydrogen-bond donors (Lipinski definition) is 2. The highest BCUT2D eigenvalue weighted by Gasteiger charge is 2.22. The molecule has 4 aromatic rings. The first kappa shape index (κ1) is 23.5. The molecule has 1 atom stereocenters. The second-order valence-corrected chi connectivity index (χ2v) is 9.92. The summed E-state index contributed by atoms with van der Waals surface area (Å²) >= 11 is 6.02. The zero-order valence-corrected chi connectivity index (χ0v) is 20.1. The molecule has 0 aliphatic heterocycles. The molecule has 7 nitrogen and oxygen atoms in total. The Morgan fingerprint density at radius 2 is 1.68 bits per heavy atom. The minimum Gasteiger partial charge on any atom is -0.338 e. The van der Waals surface area contributed by atoms with E-state index < -0.39 is 16.1 Å². The van der Waals surface area contributed by atoms with Crippen molar-refractivity contribution < 1.29 is 13.2 Å². The van der Waals surface area contributed by atoms with Crippen LogP contribution in [-0.2, 0) is 17.1 Å². The molecule has 3 aromatic carbocycles. The number of anilines is 1. The van der Waals surface area contributed by atoms with Gasteiger partial charge in [0.05, 0.1) is 10.6 Å². The molecule has 4 rings (SSSR count). The van der Waals surface area contributed by atoms with Gasteiger partial charge in [-0.25, -0.2) is 13.4 Å². The van der Waals surface area contributed by atoms with E-state index in [-0.39, 0.29) is 10.8 Å². The standard InChI is InChI=1S/C25H23ClN4O3S/c1-17-5-3-4-6-22(17)29-34(32,33)21-13-9-19(10-14-21)25(31)28-23(24-27-15-16-30(24)2)18-7-11-20(26)12-8-18/h3-16,23,29H,1-2H3,(H,28,31)/t23-/m0/s1. The number of halogens is 1. The molecule has 0 aliphatic rings. The minimum absolute atomic E-state index is 0.0608. The molecule has 0 unspecified atom stereocenters. The number of sulfonamides is 1. The maximum atomic E-state index is 13.1. The molecule has 34 heavy (non-hydrogen) atoms. The predicted molar refractivity (Wildman–Crippen MR) is 132 cm³/mol. The average molecular weight is 495 g/mol. The first-order valence-corrected chi connectivity index (χ1v) is 12.3. The fourth-order valence-electron chi connectivity index (χ4n) is 3.50. The lowest BCUT2D eigenvalue weighted by atomic mass is 10.1. The van der Waals surface area contributed by atoms with Gasteiger partial charge < -0.3 is 9.88 Å². The van der Waals surface area contributed by atoms with Gasteiger partial charge in [0.25, 0.3) is 15.9 Å². The van der Waals surface area contributed by atoms with Crippen LogP contribution in [0.25, 0.3) is 0 Å². The lowest BCUT2D eigenvalue weighted by Crippen LogP contribution is -2.31. The van der Waals surface area contributed by atoms with Gasteiger partial charge in [-0.3, -0.25) is 9.52 Å². The number of carbonyl (C=O) groups excluding carboxylic acids is 1. The third-order valence-corrected chi connectivity index (χ3v) is 7.04. The van der Waals surface area contributed by atoms with Crippen molar-refractivity contribution >= 4 is 33.2 Å². The van der Waals surface area contributed by atoms with Gasteiger partial charge >= 0.3 is 0 Å². The third kappa shape index (κ3) is 5.13. The Bertz CT molecular complexity index is 1420. The molecule has 0 bridgehead atoms. The van der Waals surface area contributed by atoms with Crippen LogP contribution in [0.5, 0.6) is 0 Å². The van der Waals surface area contributed by atoms with E-state index in [2.05, 4.69) is 15.0 Å². The van der Waals surface area contributed by atoms with E-state index in [9.17, 15) is 13.2 Å². The van der Waals surface area contributed by atoms with Crippen molar-refractivity contribution in [3.8, 4) is 0 Å². The maximum absolute atomic E-state index is 13.1. The fourth-order valence-corrected chi connectivity index (χ4v) is 4.76. The summed E-state index contributed by atoms with van der Waals surface area (Å²) in [6.45, 7) is 1.82. The normalized spacial score (nSPS) is 12.2. The molecular weight excluding hydrogens is 472 g/mol. The van der Waals surface area contributed by atoms with Crippen LogP contribution in [0.3, 0.4) is 0 Å². The number of nitrogens with zero attached hydrogens (tertiary/aromatic N) is 2. The topological polar surface area (TPSA) is 93.1 Å². The molecule has 9 heteroatoms. The lowest BCUT2D eigenvalue weighted by molar-refractivity contribution is 0.0941. The Morgan fingerprint density at radius 1 is 1.00 bits per heavy atom. The van der Waals surface area contributed by atoms with Crippen LogP contribution in [0.15, 0.2) is 90.1 Å². The Morgan fingerprint density at radius 3 is 2.29 bits per heavy atom. The number of carbonyl (C=O) groups is 1. The van der Waals surface area contributed by atoms with Crippen molar-refractivity contribution in [1.29, 1.82) is 0 Å². The van der Waals surface area contributed by atoms with Crippen LogP contribution >= 0.6 is 11.6 Å². The van der Waals surface area contributed by atoms with Gasteiger partial charge in [0, 0.05) is 30.0 Å². The van der Waals surface area contributed by atoms with Gasteiger partial charge in [-0.2, -0.15) is 0 Å².